The molecule has 84 valence electrons. The van der Waals surface area contributed by atoms with Crippen molar-refractivity contribution >= 4 is 0 Å². The molecule has 2 nitrogen and oxygen atoms in total. The van der Waals surface area contributed by atoms with Gasteiger partial charge in [0, 0.05) is 6.04 Å². The number of hydrogen-bond donors (Lipinski definition) is 1. The first-order chi connectivity index (χ1) is 6.55. The molecule has 1 atom stereocenters. The van der Waals surface area contributed by atoms with Gasteiger partial charge in [0.05, 0.1) is 0 Å². The Balaban J connectivity index is 2.22. The highest BCUT2D eigenvalue weighted by atomic mass is 15.1. The quantitative estimate of drug-likeness (QED) is 0.681. The normalized spacial score (nSPS) is 25.9. The van der Waals surface area contributed by atoms with Crippen molar-refractivity contribution < 1.29 is 0 Å². The zero-order chi connectivity index (χ0) is 10.6. The van der Waals surface area contributed by atoms with E-state index in [0.717, 1.165) is 12.6 Å². The van der Waals surface area contributed by atoms with E-state index >= 15 is 0 Å². The van der Waals surface area contributed by atoms with Gasteiger partial charge in [0.15, 0.2) is 0 Å². The summed E-state index contributed by atoms with van der Waals surface area (Å²) in [6.07, 6.45) is 5.43. The Morgan fingerprint density at radius 1 is 1.43 bits per heavy atom. The Kier molecular flexibility index (Phi) is 4.39. The molecular weight excluding hydrogens is 172 g/mol. The van der Waals surface area contributed by atoms with Crippen molar-refractivity contribution in [2.24, 2.45) is 5.41 Å². The van der Waals surface area contributed by atoms with Gasteiger partial charge in [-0.15, -0.1) is 0 Å². The maximum Gasteiger partial charge on any atom is 0.00975 e. The zero-order valence-corrected chi connectivity index (χ0v) is 10.3. The van der Waals surface area contributed by atoms with E-state index in [2.05, 4.69) is 31.1 Å². The summed E-state index contributed by atoms with van der Waals surface area (Å²) in [6.45, 7) is 7.17. The molecular formula is C12H26N2. The van der Waals surface area contributed by atoms with Crippen molar-refractivity contribution in [3.8, 4) is 0 Å². The Morgan fingerprint density at radius 2 is 2.14 bits per heavy atom. The van der Waals surface area contributed by atoms with Crippen molar-refractivity contribution in [2.75, 3.05) is 27.2 Å². The van der Waals surface area contributed by atoms with Crippen LogP contribution in [0.3, 0.4) is 0 Å². The summed E-state index contributed by atoms with van der Waals surface area (Å²) < 4.78 is 0. The molecule has 1 N–H and O–H groups in total. The fraction of sp³-hybridized carbons (Fsp3) is 1.00. The Bertz CT molecular complexity index is 166. The Labute approximate surface area is 89.1 Å². The summed E-state index contributed by atoms with van der Waals surface area (Å²) in [7, 11) is 4.31. The second kappa shape index (κ2) is 5.13. The van der Waals surface area contributed by atoms with E-state index in [1.165, 1.54) is 32.2 Å². The first-order valence-electron chi connectivity index (χ1n) is 5.90. The minimum Gasteiger partial charge on any atom is -0.320 e. The molecule has 1 aliphatic carbocycles. The van der Waals surface area contributed by atoms with Gasteiger partial charge in [0.1, 0.15) is 0 Å². The number of nitrogens with one attached hydrogen (secondary N) is 1. The van der Waals surface area contributed by atoms with Crippen LogP contribution >= 0.6 is 0 Å². The molecule has 1 aliphatic rings. The molecule has 0 amide bonds. The summed E-state index contributed by atoms with van der Waals surface area (Å²) >= 11 is 0. The minimum absolute atomic E-state index is 0.585. The lowest BCUT2D eigenvalue weighted by Gasteiger charge is -2.25. The lowest BCUT2D eigenvalue weighted by Crippen LogP contribution is -2.32. The molecule has 2 heteroatoms. The lowest BCUT2D eigenvalue weighted by molar-refractivity contribution is 0.225. The molecule has 0 aromatic carbocycles. The van der Waals surface area contributed by atoms with Crippen LogP contribution in [-0.4, -0.2) is 38.1 Å². The van der Waals surface area contributed by atoms with Crippen molar-refractivity contribution in [3.63, 3.8) is 0 Å². The molecule has 1 fully saturated rings. The van der Waals surface area contributed by atoms with Gasteiger partial charge in [-0.1, -0.05) is 13.8 Å². The standard InChI is InChI=1S/C12H26N2/c1-12(2)7-6-11(10-12)14(4)9-5-8-13-3/h11,13H,5-10H2,1-4H3. The zero-order valence-electron chi connectivity index (χ0n) is 10.3. The van der Waals surface area contributed by atoms with Crippen molar-refractivity contribution in [2.45, 2.75) is 45.6 Å². The molecule has 0 aromatic heterocycles. The minimum atomic E-state index is 0.585. The predicted octanol–water partition coefficient (Wildman–Crippen LogP) is 2.11. The average molecular weight is 198 g/mol. The van der Waals surface area contributed by atoms with E-state index < -0.39 is 0 Å². The third kappa shape index (κ3) is 3.58. The monoisotopic (exact) mass is 198 g/mol. The van der Waals surface area contributed by atoms with Crippen molar-refractivity contribution in [1.82, 2.24) is 10.2 Å². The van der Waals surface area contributed by atoms with E-state index in [4.69, 9.17) is 0 Å². The molecule has 1 rings (SSSR count). The van der Waals surface area contributed by atoms with Gasteiger partial charge >= 0.3 is 0 Å². The van der Waals surface area contributed by atoms with Gasteiger partial charge in [-0.3, -0.25) is 0 Å². The van der Waals surface area contributed by atoms with E-state index in [9.17, 15) is 0 Å². The second-order valence-corrected chi connectivity index (χ2v) is 5.50. The van der Waals surface area contributed by atoms with Gasteiger partial charge in [0.2, 0.25) is 0 Å². The third-order valence-electron chi connectivity index (χ3n) is 3.50. The lowest BCUT2D eigenvalue weighted by atomic mass is 9.91. The van der Waals surface area contributed by atoms with Crippen LogP contribution in [0, 0.1) is 5.41 Å². The van der Waals surface area contributed by atoms with Crippen LogP contribution < -0.4 is 5.32 Å². The van der Waals surface area contributed by atoms with Crippen molar-refractivity contribution in [3.05, 3.63) is 0 Å². The summed E-state index contributed by atoms with van der Waals surface area (Å²) in [5.74, 6) is 0. The van der Waals surface area contributed by atoms with Crippen LogP contribution in [-0.2, 0) is 0 Å². The topological polar surface area (TPSA) is 15.3 Å². The second-order valence-electron chi connectivity index (χ2n) is 5.50. The smallest absolute Gasteiger partial charge is 0.00975 e. The summed E-state index contributed by atoms with van der Waals surface area (Å²) in [5.41, 5.74) is 0.585. The highest BCUT2D eigenvalue weighted by molar-refractivity contribution is 4.86. The maximum atomic E-state index is 3.20. The van der Waals surface area contributed by atoms with E-state index in [-0.39, 0.29) is 0 Å². The van der Waals surface area contributed by atoms with Gasteiger partial charge in [0.25, 0.3) is 0 Å². The molecule has 0 radical (unpaired) electrons. The maximum absolute atomic E-state index is 3.20. The van der Waals surface area contributed by atoms with Crippen LogP contribution in [0.25, 0.3) is 0 Å². The largest absolute Gasteiger partial charge is 0.320 e. The molecule has 0 spiro atoms. The summed E-state index contributed by atoms with van der Waals surface area (Å²) in [4.78, 5) is 2.55. The molecule has 0 saturated heterocycles. The van der Waals surface area contributed by atoms with Gasteiger partial charge in [-0.25, -0.2) is 0 Å². The fourth-order valence-electron chi connectivity index (χ4n) is 2.46. The SMILES string of the molecule is CNCCCN(C)C1CCC(C)(C)C1. The fourth-order valence-corrected chi connectivity index (χ4v) is 2.46. The van der Waals surface area contributed by atoms with E-state index in [0.29, 0.717) is 5.41 Å². The van der Waals surface area contributed by atoms with Crippen LogP contribution in [0.4, 0.5) is 0 Å². The summed E-state index contributed by atoms with van der Waals surface area (Å²) in [6, 6.07) is 0.835. The van der Waals surface area contributed by atoms with Crippen LogP contribution in [0.2, 0.25) is 0 Å². The number of hydrogen-bond acceptors (Lipinski definition) is 2. The first kappa shape index (κ1) is 12.0. The predicted molar refractivity (Wildman–Crippen MR) is 62.6 cm³/mol. The number of nitrogens with zero attached hydrogens (tertiary/aromatic N) is 1. The van der Waals surface area contributed by atoms with Crippen LogP contribution in [0.1, 0.15) is 39.5 Å². The molecule has 0 aliphatic heterocycles. The van der Waals surface area contributed by atoms with Crippen molar-refractivity contribution in [1.29, 1.82) is 0 Å². The molecule has 1 saturated carbocycles. The molecule has 0 bridgehead atoms. The molecule has 0 heterocycles. The highest BCUT2D eigenvalue weighted by Crippen LogP contribution is 2.38. The average Bonchev–Trinajstić information content (AvgIpc) is 2.46. The van der Waals surface area contributed by atoms with Gasteiger partial charge in [-0.2, -0.15) is 0 Å². The van der Waals surface area contributed by atoms with E-state index in [1.807, 2.05) is 7.05 Å². The van der Waals surface area contributed by atoms with E-state index in [1.54, 1.807) is 0 Å². The molecule has 1 unspecified atom stereocenters. The highest BCUT2D eigenvalue weighted by Gasteiger charge is 2.32. The van der Waals surface area contributed by atoms with Crippen LogP contribution in [0.15, 0.2) is 0 Å². The third-order valence-corrected chi connectivity index (χ3v) is 3.50. The number of rotatable bonds is 5. The van der Waals surface area contributed by atoms with Gasteiger partial charge < -0.3 is 10.2 Å². The Hall–Kier alpha value is -0.0800. The molecule has 0 aromatic rings. The Morgan fingerprint density at radius 3 is 2.64 bits per heavy atom. The first-order valence-corrected chi connectivity index (χ1v) is 5.90. The molecule has 14 heavy (non-hydrogen) atoms. The summed E-state index contributed by atoms with van der Waals surface area (Å²) in [5, 5.41) is 3.20. The van der Waals surface area contributed by atoms with Gasteiger partial charge in [-0.05, 0) is 58.3 Å². The van der Waals surface area contributed by atoms with Crippen LogP contribution in [0.5, 0.6) is 0 Å².